The van der Waals surface area contributed by atoms with Gasteiger partial charge in [0.15, 0.2) is 0 Å². The molecule has 2 aromatic rings. The zero-order chi connectivity index (χ0) is 15.0. The lowest BCUT2D eigenvalue weighted by Crippen LogP contribution is -2.10. The summed E-state index contributed by atoms with van der Waals surface area (Å²) >= 11 is 6.20. The van der Waals surface area contributed by atoms with Crippen LogP contribution in [0.4, 0.5) is 5.69 Å². The molecular weight excluding hydrogens is 290 g/mol. The molecule has 6 heteroatoms. The summed E-state index contributed by atoms with van der Waals surface area (Å²) in [4.78, 5) is 15.1. The highest BCUT2D eigenvalue weighted by molar-refractivity contribution is 6.31. The molecule has 1 aliphatic rings. The van der Waals surface area contributed by atoms with Crippen LogP contribution < -0.4 is 0 Å². The van der Waals surface area contributed by atoms with E-state index in [2.05, 4.69) is 9.55 Å². The molecule has 0 fully saturated rings. The third kappa shape index (κ3) is 2.65. The maximum atomic E-state index is 10.9. The normalized spacial score (nSPS) is 14.0. The number of hydrogen-bond donors (Lipinski definition) is 0. The standard InChI is InChI=1S/C15H16ClN3O2/c1-10-17-14-4-2-3-5-15(14)18(10)9-11-8-12(19(20)21)6-7-13(11)16/h6-8H,2-5,9H2,1H3. The van der Waals surface area contributed by atoms with Gasteiger partial charge in [-0.25, -0.2) is 4.98 Å². The van der Waals surface area contributed by atoms with E-state index in [1.165, 1.54) is 30.3 Å². The molecule has 0 saturated heterocycles. The van der Waals surface area contributed by atoms with Crippen LogP contribution in [0.2, 0.25) is 5.02 Å². The molecule has 5 nitrogen and oxygen atoms in total. The highest BCUT2D eigenvalue weighted by atomic mass is 35.5. The van der Waals surface area contributed by atoms with Gasteiger partial charge in [0.2, 0.25) is 0 Å². The van der Waals surface area contributed by atoms with E-state index in [1.54, 1.807) is 12.1 Å². The molecule has 1 aromatic carbocycles. The molecular formula is C15H16ClN3O2. The van der Waals surface area contributed by atoms with Gasteiger partial charge in [-0.3, -0.25) is 10.1 Å². The number of halogens is 1. The Bertz CT molecular complexity index is 709. The highest BCUT2D eigenvalue weighted by Gasteiger charge is 2.19. The Hall–Kier alpha value is -1.88. The topological polar surface area (TPSA) is 61.0 Å². The minimum absolute atomic E-state index is 0.0704. The molecule has 0 saturated carbocycles. The molecule has 0 amide bonds. The lowest BCUT2D eigenvalue weighted by molar-refractivity contribution is -0.384. The van der Waals surface area contributed by atoms with Gasteiger partial charge in [0, 0.05) is 22.8 Å². The number of hydrogen-bond acceptors (Lipinski definition) is 3. The lowest BCUT2D eigenvalue weighted by atomic mass is 10.0. The first-order valence-corrected chi connectivity index (χ1v) is 7.42. The van der Waals surface area contributed by atoms with E-state index >= 15 is 0 Å². The number of non-ortho nitro benzene ring substituents is 1. The summed E-state index contributed by atoms with van der Waals surface area (Å²) in [5.74, 6) is 0.949. The largest absolute Gasteiger partial charge is 0.328 e. The van der Waals surface area contributed by atoms with Crippen molar-refractivity contribution in [2.45, 2.75) is 39.2 Å². The Morgan fingerprint density at radius 2 is 2.14 bits per heavy atom. The smallest absolute Gasteiger partial charge is 0.269 e. The third-order valence-electron chi connectivity index (χ3n) is 3.99. The van der Waals surface area contributed by atoms with Crippen LogP contribution in [0.5, 0.6) is 0 Å². The number of aryl methyl sites for hydroxylation is 2. The number of fused-ring (bicyclic) bond motifs is 1. The first-order chi connectivity index (χ1) is 10.1. The molecule has 0 atom stereocenters. The molecule has 0 aliphatic heterocycles. The summed E-state index contributed by atoms with van der Waals surface area (Å²) in [7, 11) is 0. The van der Waals surface area contributed by atoms with Crippen molar-refractivity contribution in [1.82, 2.24) is 9.55 Å². The van der Waals surface area contributed by atoms with Crippen molar-refractivity contribution < 1.29 is 4.92 Å². The fraction of sp³-hybridized carbons (Fsp3) is 0.400. The SMILES string of the molecule is Cc1nc2c(n1Cc1cc([N+](=O)[O-])ccc1Cl)CCCC2. The second-order valence-corrected chi connectivity index (χ2v) is 5.79. The van der Waals surface area contributed by atoms with Crippen molar-refractivity contribution in [3.63, 3.8) is 0 Å². The maximum absolute atomic E-state index is 10.9. The number of benzene rings is 1. The molecule has 3 rings (SSSR count). The summed E-state index contributed by atoms with van der Waals surface area (Å²) < 4.78 is 2.14. The van der Waals surface area contributed by atoms with Crippen LogP contribution >= 0.6 is 11.6 Å². The number of nitro groups is 1. The average Bonchev–Trinajstić information content (AvgIpc) is 2.77. The Labute approximate surface area is 127 Å². The molecule has 110 valence electrons. The van der Waals surface area contributed by atoms with Gasteiger partial charge < -0.3 is 4.57 Å². The van der Waals surface area contributed by atoms with Gasteiger partial charge >= 0.3 is 0 Å². The lowest BCUT2D eigenvalue weighted by Gasteiger charge is -2.15. The monoisotopic (exact) mass is 305 g/mol. The van der Waals surface area contributed by atoms with Crippen LogP contribution in [-0.2, 0) is 19.4 Å². The third-order valence-corrected chi connectivity index (χ3v) is 4.36. The summed E-state index contributed by atoms with van der Waals surface area (Å²) in [6.45, 7) is 2.51. The van der Waals surface area contributed by atoms with Gasteiger partial charge in [0.25, 0.3) is 5.69 Å². The Balaban J connectivity index is 1.99. The zero-order valence-electron chi connectivity index (χ0n) is 11.8. The number of imidazole rings is 1. The van der Waals surface area contributed by atoms with E-state index in [-0.39, 0.29) is 5.69 Å². The van der Waals surface area contributed by atoms with Crippen LogP contribution in [0.3, 0.4) is 0 Å². The van der Waals surface area contributed by atoms with Gasteiger partial charge in [-0.05, 0) is 44.2 Å². The van der Waals surface area contributed by atoms with Gasteiger partial charge in [0.05, 0.1) is 17.2 Å². The summed E-state index contributed by atoms with van der Waals surface area (Å²) in [5, 5.41) is 11.5. The summed E-state index contributed by atoms with van der Waals surface area (Å²) in [5.41, 5.74) is 3.25. The molecule has 1 aliphatic carbocycles. The first kappa shape index (κ1) is 14.1. The number of nitrogens with zero attached hydrogens (tertiary/aromatic N) is 3. The van der Waals surface area contributed by atoms with Crippen molar-refractivity contribution >= 4 is 17.3 Å². The predicted octanol–water partition coefficient (Wildman–Crippen LogP) is 3.68. The van der Waals surface area contributed by atoms with Gasteiger partial charge in [-0.1, -0.05) is 11.6 Å². The summed E-state index contributed by atoms with van der Waals surface area (Å²) in [6.07, 6.45) is 4.39. The predicted molar refractivity (Wildman–Crippen MR) is 80.8 cm³/mol. The fourth-order valence-corrected chi connectivity index (χ4v) is 3.09. The van der Waals surface area contributed by atoms with Crippen molar-refractivity contribution in [2.75, 3.05) is 0 Å². The molecule has 0 N–H and O–H groups in total. The van der Waals surface area contributed by atoms with Crippen LogP contribution in [0.25, 0.3) is 0 Å². The molecule has 21 heavy (non-hydrogen) atoms. The molecule has 0 spiro atoms. The Morgan fingerprint density at radius 1 is 1.38 bits per heavy atom. The van der Waals surface area contributed by atoms with E-state index in [4.69, 9.17) is 11.6 Å². The molecule has 0 bridgehead atoms. The number of aromatic nitrogens is 2. The van der Waals surface area contributed by atoms with Gasteiger partial charge in [-0.2, -0.15) is 0 Å². The second-order valence-electron chi connectivity index (χ2n) is 5.38. The van der Waals surface area contributed by atoms with Crippen LogP contribution in [0, 0.1) is 17.0 Å². The van der Waals surface area contributed by atoms with E-state index < -0.39 is 4.92 Å². The van der Waals surface area contributed by atoms with Crippen molar-refractivity contribution in [3.8, 4) is 0 Å². The minimum atomic E-state index is -0.393. The van der Waals surface area contributed by atoms with Crippen molar-refractivity contribution in [1.29, 1.82) is 0 Å². The zero-order valence-corrected chi connectivity index (χ0v) is 12.6. The van der Waals surface area contributed by atoms with Gasteiger partial charge in [-0.15, -0.1) is 0 Å². The van der Waals surface area contributed by atoms with Crippen molar-refractivity contribution in [2.24, 2.45) is 0 Å². The van der Waals surface area contributed by atoms with E-state index in [0.717, 1.165) is 24.2 Å². The Morgan fingerprint density at radius 3 is 2.90 bits per heavy atom. The average molecular weight is 306 g/mol. The van der Waals surface area contributed by atoms with Crippen LogP contribution in [0.1, 0.15) is 35.6 Å². The van der Waals surface area contributed by atoms with E-state index in [0.29, 0.717) is 11.6 Å². The second kappa shape index (κ2) is 5.48. The van der Waals surface area contributed by atoms with Gasteiger partial charge in [0.1, 0.15) is 5.82 Å². The van der Waals surface area contributed by atoms with E-state index in [9.17, 15) is 10.1 Å². The molecule has 1 aromatic heterocycles. The molecule has 0 unspecified atom stereocenters. The van der Waals surface area contributed by atoms with Crippen LogP contribution in [0.15, 0.2) is 18.2 Å². The fourth-order valence-electron chi connectivity index (χ4n) is 2.91. The molecule has 1 heterocycles. The van der Waals surface area contributed by atoms with E-state index in [1.807, 2.05) is 6.92 Å². The summed E-state index contributed by atoms with van der Waals surface area (Å²) in [6, 6.07) is 4.58. The van der Waals surface area contributed by atoms with Crippen molar-refractivity contribution in [3.05, 3.63) is 56.1 Å². The number of nitro benzene ring substituents is 1. The maximum Gasteiger partial charge on any atom is 0.269 e. The quantitative estimate of drug-likeness (QED) is 0.642. The highest BCUT2D eigenvalue weighted by Crippen LogP contribution is 2.27. The molecule has 0 radical (unpaired) electrons. The Kier molecular flexibility index (Phi) is 3.68. The number of rotatable bonds is 3. The first-order valence-electron chi connectivity index (χ1n) is 7.04. The minimum Gasteiger partial charge on any atom is -0.328 e. The van der Waals surface area contributed by atoms with Crippen LogP contribution in [-0.4, -0.2) is 14.5 Å².